The Kier molecular flexibility index (Phi) is 6.11. The molecule has 0 aliphatic rings. The van der Waals surface area contributed by atoms with E-state index in [0.29, 0.717) is 35.4 Å². The maximum Gasteiger partial charge on any atom is 0.319 e. The molecule has 0 heterocycles. The molecular formula is C17H19ClN2O3. The van der Waals surface area contributed by atoms with Gasteiger partial charge in [0, 0.05) is 10.7 Å². The van der Waals surface area contributed by atoms with Gasteiger partial charge in [-0.15, -0.1) is 0 Å². The highest BCUT2D eigenvalue weighted by atomic mass is 35.5. The number of hydrogen-bond donors (Lipinski definition) is 2. The Hall–Kier alpha value is -2.40. The molecule has 0 aromatic heterocycles. The molecule has 0 aliphatic carbocycles. The Morgan fingerprint density at radius 1 is 1.13 bits per heavy atom. The maximum absolute atomic E-state index is 11.9. The highest BCUT2D eigenvalue weighted by molar-refractivity contribution is 6.31. The molecule has 2 amide bonds. The number of hydrogen-bond acceptors (Lipinski definition) is 3. The number of amides is 2. The molecule has 0 atom stereocenters. The summed E-state index contributed by atoms with van der Waals surface area (Å²) in [5.41, 5.74) is 1.51. The second-order valence-corrected chi connectivity index (χ2v) is 5.20. The molecule has 0 bridgehead atoms. The van der Waals surface area contributed by atoms with Gasteiger partial charge in [-0.05, 0) is 36.8 Å². The van der Waals surface area contributed by atoms with Crippen molar-refractivity contribution in [1.29, 1.82) is 0 Å². The zero-order valence-electron chi connectivity index (χ0n) is 13.1. The van der Waals surface area contributed by atoms with Crippen LogP contribution in [0.5, 0.6) is 11.5 Å². The van der Waals surface area contributed by atoms with Crippen molar-refractivity contribution in [3.63, 3.8) is 0 Å². The lowest BCUT2D eigenvalue weighted by atomic mass is 10.2. The smallest absolute Gasteiger partial charge is 0.319 e. The molecule has 23 heavy (non-hydrogen) atoms. The third-order valence-corrected chi connectivity index (χ3v) is 3.64. The van der Waals surface area contributed by atoms with Crippen LogP contribution in [-0.2, 0) is 0 Å². The van der Waals surface area contributed by atoms with E-state index in [0.717, 1.165) is 5.56 Å². The Bertz CT molecular complexity index is 677. The molecule has 0 spiro atoms. The summed E-state index contributed by atoms with van der Waals surface area (Å²) in [4.78, 5) is 11.9. The first-order chi connectivity index (χ1) is 11.1. The van der Waals surface area contributed by atoms with Crippen LogP contribution < -0.4 is 20.1 Å². The number of anilines is 1. The number of carbonyl (C=O) groups is 1. The summed E-state index contributed by atoms with van der Waals surface area (Å²) in [6.45, 7) is 2.55. The van der Waals surface area contributed by atoms with E-state index in [1.165, 1.54) is 0 Å². The summed E-state index contributed by atoms with van der Waals surface area (Å²) in [6, 6.07) is 12.4. The van der Waals surface area contributed by atoms with E-state index in [1.807, 2.05) is 31.2 Å². The number of methoxy groups -OCH3 is 1. The van der Waals surface area contributed by atoms with Crippen LogP contribution in [0.3, 0.4) is 0 Å². The van der Waals surface area contributed by atoms with E-state index >= 15 is 0 Å². The molecular weight excluding hydrogens is 316 g/mol. The number of nitrogens with one attached hydrogen (secondary N) is 2. The summed E-state index contributed by atoms with van der Waals surface area (Å²) in [7, 11) is 1.58. The Morgan fingerprint density at radius 3 is 2.61 bits per heavy atom. The van der Waals surface area contributed by atoms with E-state index in [-0.39, 0.29) is 6.03 Å². The largest absolute Gasteiger partial charge is 0.493 e. The average molecular weight is 335 g/mol. The van der Waals surface area contributed by atoms with Gasteiger partial charge in [0.15, 0.2) is 11.5 Å². The van der Waals surface area contributed by atoms with Crippen molar-refractivity contribution in [3.05, 3.63) is 53.1 Å². The van der Waals surface area contributed by atoms with Crippen LogP contribution >= 0.6 is 11.6 Å². The van der Waals surface area contributed by atoms with Crippen molar-refractivity contribution in [2.45, 2.75) is 6.92 Å². The van der Waals surface area contributed by atoms with Gasteiger partial charge >= 0.3 is 6.03 Å². The number of rotatable bonds is 6. The van der Waals surface area contributed by atoms with E-state index in [1.54, 1.807) is 25.3 Å². The van der Waals surface area contributed by atoms with Crippen molar-refractivity contribution in [2.75, 3.05) is 25.6 Å². The van der Waals surface area contributed by atoms with E-state index in [2.05, 4.69) is 10.6 Å². The first-order valence-electron chi connectivity index (χ1n) is 7.17. The monoisotopic (exact) mass is 334 g/mol. The van der Waals surface area contributed by atoms with Gasteiger partial charge in [-0.2, -0.15) is 0 Å². The number of benzene rings is 2. The summed E-state index contributed by atoms with van der Waals surface area (Å²) in [6.07, 6.45) is 0. The number of para-hydroxylation sites is 2. The van der Waals surface area contributed by atoms with E-state index in [9.17, 15) is 4.79 Å². The van der Waals surface area contributed by atoms with Crippen LogP contribution in [0.2, 0.25) is 5.02 Å². The Labute approximate surface area is 140 Å². The van der Waals surface area contributed by atoms with Gasteiger partial charge in [-0.3, -0.25) is 0 Å². The van der Waals surface area contributed by atoms with Crippen LogP contribution in [0.15, 0.2) is 42.5 Å². The van der Waals surface area contributed by atoms with Gasteiger partial charge in [0.05, 0.1) is 13.7 Å². The number of carbonyl (C=O) groups excluding carboxylic acids is 1. The molecule has 2 aromatic carbocycles. The fraction of sp³-hybridized carbons (Fsp3) is 0.235. The number of halogens is 1. The van der Waals surface area contributed by atoms with Crippen LogP contribution in [0.25, 0.3) is 0 Å². The SMILES string of the molecule is COc1ccccc1OCCNC(=O)Nc1cccc(Cl)c1C. The fourth-order valence-electron chi connectivity index (χ4n) is 1.97. The molecule has 0 aliphatic heterocycles. The molecule has 2 rings (SSSR count). The highest BCUT2D eigenvalue weighted by Gasteiger charge is 2.06. The Balaban J connectivity index is 1.78. The molecule has 0 fully saturated rings. The number of urea groups is 1. The van der Waals surface area contributed by atoms with E-state index < -0.39 is 0 Å². The van der Waals surface area contributed by atoms with Gasteiger partial charge in [0.1, 0.15) is 6.61 Å². The van der Waals surface area contributed by atoms with Crippen LogP contribution in [0, 0.1) is 6.92 Å². The lowest BCUT2D eigenvalue weighted by Gasteiger charge is -2.12. The normalized spacial score (nSPS) is 10.0. The van der Waals surface area contributed by atoms with Gasteiger partial charge < -0.3 is 20.1 Å². The average Bonchev–Trinajstić information content (AvgIpc) is 2.56. The lowest BCUT2D eigenvalue weighted by molar-refractivity contribution is 0.246. The zero-order chi connectivity index (χ0) is 16.7. The van der Waals surface area contributed by atoms with Crippen LogP contribution in [0.4, 0.5) is 10.5 Å². The number of ether oxygens (including phenoxy) is 2. The minimum atomic E-state index is -0.306. The quantitative estimate of drug-likeness (QED) is 0.789. The minimum absolute atomic E-state index is 0.306. The van der Waals surface area contributed by atoms with Gasteiger partial charge in [-0.25, -0.2) is 4.79 Å². The van der Waals surface area contributed by atoms with Crippen molar-refractivity contribution >= 4 is 23.3 Å². The molecule has 2 N–H and O–H groups in total. The van der Waals surface area contributed by atoms with Crippen molar-refractivity contribution < 1.29 is 14.3 Å². The van der Waals surface area contributed by atoms with Crippen molar-refractivity contribution in [3.8, 4) is 11.5 Å². The molecule has 0 saturated carbocycles. The first-order valence-corrected chi connectivity index (χ1v) is 7.55. The predicted molar refractivity (Wildman–Crippen MR) is 91.7 cm³/mol. The molecule has 5 nitrogen and oxygen atoms in total. The fourth-order valence-corrected chi connectivity index (χ4v) is 2.15. The Morgan fingerprint density at radius 2 is 1.87 bits per heavy atom. The molecule has 0 radical (unpaired) electrons. The molecule has 2 aromatic rings. The first kappa shape index (κ1) is 17.0. The van der Waals surface area contributed by atoms with E-state index in [4.69, 9.17) is 21.1 Å². The molecule has 0 saturated heterocycles. The highest BCUT2D eigenvalue weighted by Crippen LogP contribution is 2.25. The summed E-state index contributed by atoms with van der Waals surface area (Å²) in [5, 5.41) is 6.10. The maximum atomic E-state index is 11.9. The van der Waals surface area contributed by atoms with Gasteiger partial charge in [0.2, 0.25) is 0 Å². The van der Waals surface area contributed by atoms with Crippen molar-refractivity contribution in [2.24, 2.45) is 0 Å². The minimum Gasteiger partial charge on any atom is -0.493 e. The van der Waals surface area contributed by atoms with Crippen LogP contribution in [0.1, 0.15) is 5.56 Å². The second-order valence-electron chi connectivity index (χ2n) is 4.79. The predicted octanol–water partition coefficient (Wildman–Crippen LogP) is 3.86. The molecule has 122 valence electrons. The van der Waals surface area contributed by atoms with Crippen molar-refractivity contribution in [1.82, 2.24) is 5.32 Å². The molecule has 0 unspecified atom stereocenters. The van der Waals surface area contributed by atoms with Crippen LogP contribution in [-0.4, -0.2) is 26.3 Å². The standard InChI is InChI=1S/C17H19ClN2O3/c1-12-13(18)6-5-7-14(12)20-17(21)19-10-11-23-16-9-4-3-8-15(16)22-2/h3-9H,10-11H2,1-2H3,(H2,19,20,21). The summed E-state index contributed by atoms with van der Waals surface area (Å²) < 4.78 is 10.8. The zero-order valence-corrected chi connectivity index (χ0v) is 13.8. The summed E-state index contributed by atoms with van der Waals surface area (Å²) in [5.74, 6) is 1.30. The van der Waals surface area contributed by atoms with Gasteiger partial charge in [0.25, 0.3) is 0 Å². The summed E-state index contributed by atoms with van der Waals surface area (Å²) >= 11 is 6.02. The third kappa shape index (κ3) is 4.79. The van der Waals surface area contributed by atoms with Gasteiger partial charge in [-0.1, -0.05) is 29.8 Å². The lowest BCUT2D eigenvalue weighted by Crippen LogP contribution is -2.32. The molecule has 6 heteroatoms. The third-order valence-electron chi connectivity index (χ3n) is 3.23. The second kappa shape index (κ2) is 8.29. The topological polar surface area (TPSA) is 59.6 Å².